The van der Waals surface area contributed by atoms with E-state index in [4.69, 9.17) is 0 Å². The number of piperidine rings is 1. The molecular weight excluding hydrogens is 196 g/mol. The lowest BCUT2D eigenvalue weighted by atomic mass is 9.97. The first-order valence-corrected chi connectivity index (χ1v) is 7.31. The van der Waals surface area contributed by atoms with E-state index in [0.717, 1.165) is 11.8 Å². The number of rotatable bonds is 5. The van der Waals surface area contributed by atoms with Crippen LogP contribution in [-0.4, -0.2) is 37.6 Å². The molecule has 2 nitrogen and oxygen atoms in total. The maximum absolute atomic E-state index is 3.72. The molecule has 1 aliphatic carbocycles. The minimum atomic E-state index is 0.912. The quantitative estimate of drug-likeness (QED) is 0.772. The maximum Gasteiger partial charge on any atom is 0.00217 e. The Kier molecular flexibility index (Phi) is 5.11. The van der Waals surface area contributed by atoms with Crippen LogP contribution in [0.25, 0.3) is 0 Å². The highest BCUT2D eigenvalue weighted by Gasteiger charge is 2.19. The standard InChI is InChI=1S/C14H28N2/c1-2-16-9-5-8-14(12-16)11-15-10-13-6-3-4-7-13/h13-15H,2-12H2,1H3. The average Bonchev–Trinajstić information content (AvgIpc) is 2.82. The molecule has 1 saturated heterocycles. The Balaban J connectivity index is 1.58. The van der Waals surface area contributed by atoms with E-state index >= 15 is 0 Å². The van der Waals surface area contributed by atoms with Crippen molar-refractivity contribution in [2.24, 2.45) is 11.8 Å². The highest BCUT2D eigenvalue weighted by atomic mass is 15.1. The van der Waals surface area contributed by atoms with Crippen LogP contribution in [0.2, 0.25) is 0 Å². The summed E-state index contributed by atoms with van der Waals surface area (Å²) in [6, 6.07) is 0. The zero-order valence-corrected chi connectivity index (χ0v) is 10.9. The zero-order valence-electron chi connectivity index (χ0n) is 10.9. The monoisotopic (exact) mass is 224 g/mol. The number of hydrogen-bond acceptors (Lipinski definition) is 2. The second kappa shape index (κ2) is 6.61. The Bertz CT molecular complexity index is 187. The Morgan fingerprint density at radius 1 is 1.00 bits per heavy atom. The van der Waals surface area contributed by atoms with Gasteiger partial charge in [0, 0.05) is 6.54 Å². The minimum absolute atomic E-state index is 0.912. The van der Waals surface area contributed by atoms with Gasteiger partial charge in [-0.2, -0.15) is 0 Å². The molecule has 0 bridgehead atoms. The number of nitrogens with one attached hydrogen (secondary N) is 1. The van der Waals surface area contributed by atoms with Crippen molar-refractivity contribution >= 4 is 0 Å². The van der Waals surface area contributed by atoms with Crippen LogP contribution in [0.4, 0.5) is 0 Å². The number of nitrogens with zero attached hydrogens (tertiary/aromatic N) is 1. The summed E-state index contributed by atoms with van der Waals surface area (Å²) < 4.78 is 0. The highest BCUT2D eigenvalue weighted by Crippen LogP contribution is 2.24. The molecule has 1 atom stereocenters. The molecule has 1 N–H and O–H groups in total. The SMILES string of the molecule is CCN1CCCC(CNCC2CCCC2)C1. The van der Waals surface area contributed by atoms with E-state index < -0.39 is 0 Å². The van der Waals surface area contributed by atoms with E-state index in [0.29, 0.717) is 0 Å². The maximum atomic E-state index is 3.72. The van der Waals surface area contributed by atoms with Gasteiger partial charge >= 0.3 is 0 Å². The van der Waals surface area contributed by atoms with Crippen molar-refractivity contribution in [1.82, 2.24) is 10.2 Å². The van der Waals surface area contributed by atoms with Crippen molar-refractivity contribution in [2.45, 2.75) is 45.4 Å². The fourth-order valence-electron chi connectivity index (χ4n) is 3.31. The van der Waals surface area contributed by atoms with Crippen LogP contribution < -0.4 is 5.32 Å². The van der Waals surface area contributed by atoms with E-state index in [-0.39, 0.29) is 0 Å². The summed E-state index contributed by atoms with van der Waals surface area (Å²) in [7, 11) is 0. The molecule has 94 valence electrons. The predicted octanol–water partition coefficient (Wildman–Crippen LogP) is 2.50. The van der Waals surface area contributed by atoms with Crippen LogP contribution in [0.5, 0.6) is 0 Å². The van der Waals surface area contributed by atoms with Crippen LogP contribution >= 0.6 is 0 Å². The lowest BCUT2D eigenvalue weighted by Crippen LogP contribution is -2.40. The van der Waals surface area contributed by atoms with Gasteiger partial charge in [0.05, 0.1) is 0 Å². The molecule has 0 aromatic carbocycles. The van der Waals surface area contributed by atoms with Crippen molar-refractivity contribution in [1.29, 1.82) is 0 Å². The fraction of sp³-hybridized carbons (Fsp3) is 1.00. The molecule has 2 aliphatic rings. The van der Waals surface area contributed by atoms with E-state index in [1.807, 2.05) is 0 Å². The molecule has 2 fully saturated rings. The Morgan fingerprint density at radius 2 is 1.69 bits per heavy atom. The Labute approximate surface area is 101 Å². The second-order valence-corrected chi connectivity index (χ2v) is 5.71. The summed E-state index contributed by atoms with van der Waals surface area (Å²) in [4.78, 5) is 2.60. The third-order valence-electron chi connectivity index (χ3n) is 4.39. The minimum Gasteiger partial charge on any atom is -0.316 e. The molecule has 0 amide bonds. The van der Waals surface area contributed by atoms with Crippen LogP contribution in [0, 0.1) is 11.8 Å². The highest BCUT2D eigenvalue weighted by molar-refractivity contribution is 4.75. The Hall–Kier alpha value is -0.0800. The van der Waals surface area contributed by atoms with Gasteiger partial charge in [-0.1, -0.05) is 19.8 Å². The third-order valence-corrected chi connectivity index (χ3v) is 4.39. The molecular formula is C14H28N2. The summed E-state index contributed by atoms with van der Waals surface area (Å²) in [6.07, 6.45) is 8.73. The lowest BCUT2D eigenvalue weighted by molar-refractivity contribution is 0.179. The van der Waals surface area contributed by atoms with Crippen LogP contribution in [0.15, 0.2) is 0 Å². The van der Waals surface area contributed by atoms with Gasteiger partial charge in [0.1, 0.15) is 0 Å². The number of likely N-dealkylation sites (tertiary alicyclic amines) is 1. The van der Waals surface area contributed by atoms with Gasteiger partial charge in [0.15, 0.2) is 0 Å². The summed E-state index contributed by atoms with van der Waals surface area (Å²) >= 11 is 0. The smallest absolute Gasteiger partial charge is 0.00217 e. The van der Waals surface area contributed by atoms with Crippen molar-refractivity contribution in [3.05, 3.63) is 0 Å². The van der Waals surface area contributed by atoms with E-state index in [9.17, 15) is 0 Å². The molecule has 1 heterocycles. The molecule has 1 aliphatic heterocycles. The number of hydrogen-bond donors (Lipinski definition) is 1. The van der Waals surface area contributed by atoms with Crippen molar-refractivity contribution < 1.29 is 0 Å². The average molecular weight is 224 g/mol. The van der Waals surface area contributed by atoms with Gasteiger partial charge in [0.25, 0.3) is 0 Å². The summed E-state index contributed by atoms with van der Waals surface area (Å²) in [5.74, 6) is 1.90. The van der Waals surface area contributed by atoms with E-state index in [1.54, 1.807) is 0 Å². The molecule has 0 spiro atoms. The van der Waals surface area contributed by atoms with Gasteiger partial charge in [-0.15, -0.1) is 0 Å². The van der Waals surface area contributed by atoms with Gasteiger partial charge in [0.2, 0.25) is 0 Å². The van der Waals surface area contributed by atoms with E-state index in [1.165, 1.54) is 71.2 Å². The molecule has 0 aromatic heterocycles. The van der Waals surface area contributed by atoms with Crippen molar-refractivity contribution in [2.75, 3.05) is 32.7 Å². The molecule has 16 heavy (non-hydrogen) atoms. The first kappa shape index (κ1) is 12.4. The molecule has 2 heteroatoms. The van der Waals surface area contributed by atoms with Crippen molar-refractivity contribution in [3.63, 3.8) is 0 Å². The predicted molar refractivity (Wildman–Crippen MR) is 69.7 cm³/mol. The fourth-order valence-corrected chi connectivity index (χ4v) is 3.31. The van der Waals surface area contributed by atoms with Crippen LogP contribution in [0.1, 0.15) is 45.4 Å². The molecule has 1 unspecified atom stereocenters. The zero-order chi connectivity index (χ0) is 11.2. The second-order valence-electron chi connectivity index (χ2n) is 5.71. The van der Waals surface area contributed by atoms with Gasteiger partial charge < -0.3 is 10.2 Å². The topological polar surface area (TPSA) is 15.3 Å². The normalized spacial score (nSPS) is 28.7. The van der Waals surface area contributed by atoms with Crippen molar-refractivity contribution in [3.8, 4) is 0 Å². The van der Waals surface area contributed by atoms with Gasteiger partial charge in [-0.3, -0.25) is 0 Å². The molecule has 2 rings (SSSR count). The summed E-state index contributed by atoms with van der Waals surface area (Å²) in [6.45, 7) is 8.72. The summed E-state index contributed by atoms with van der Waals surface area (Å²) in [5, 5.41) is 3.72. The molecule has 1 saturated carbocycles. The van der Waals surface area contributed by atoms with Gasteiger partial charge in [-0.25, -0.2) is 0 Å². The first-order valence-electron chi connectivity index (χ1n) is 7.31. The summed E-state index contributed by atoms with van der Waals surface area (Å²) in [5.41, 5.74) is 0. The third kappa shape index (κ3) is 3.74. The molecule has 0 radical (unpaired) electrons. The lowest BCUT2D eigenvalue weighted by Gasteiger charge is -2.32. The van der Waals surface area contributed by atoms with E-state index in [2.05, 4.69) is 17.1 Å². The molecule has 0 aromatic rings. The first-order chi connectivity index (χ1) is 7.88. The van der Waals surface area contributed by atoms with Crippen LogP contribution in [0.3, 0.4) is 0 Å². The van der Waals surface area contributed by atoms with Crippen LogP contribution in [-0.2, 0) is 0 Å². The largest absolute Gasteiger partial charge is 0.316 e. The van der Waals surface area contributed by atoms with Gasteiger partial charge in [-0.05, 0) is 63.7 Å². The Morgan fingerprint density at radius 3 is 2.44 bits per heavy atom.